The highest BCUT2D eigenvalue weighted by Crippen LogP contribution is 2.35. The minimum absolute atomic E-state index is 0.369. The zero-order valence-electron chi connectivity index (χ0n) is 19.4. The van der Waals surface area contributed by atoms with E-state index < -0.39 is 11.6 Å². The van der Waals surface area contributed by atoms with E-state index in [2.05, 4.69) is 44.9 Å². The lowest BCUT2D eigenvalue weighted by Gasteiger charge is -2.23. The molecule has 0 fully saturated rings. The molecule has 2 aromatic carbocycles. The average Bonchev–Trinajstić information content (AvgIpc) is 3.28. The zero-order chi connectivity index (χ0) is 24.1. The minimum atomic E-state index is -1.38. The minimum Gasteiger partial charge on any atom is -0.490 e. The number of thiophene rings is 1. The molecule has 2 heterocycles. The number of hydrogen-bond acceptors (Lipinski definition) is 7. The van der Waals surface area contributed by atoms with E-state index >= 15 is 0 Å². The van der Waals surface area contributed by atoms with Gasteiger partial charge in [0.2, 0.25) is 0 Å². The van der Waals surface area contributed by atoms with E-state index in [4.69, 9.17) is 9.47 Å². The fraction of sp³-hybridized carbons (Fsp3) is 0.269. The van der Waals surface area contributed by atoms with Crippen molar-refractivity contribution in [3.8, 4) is 22.8 Å². The van der Waals surface area contributed by atoms with Crippen LogP contribution in [0, 0.1) is 0 Å². The maximum atomic E-state index is 11.5. The lowest BCUT2D eigenvalue weighted by molar-refractivity contribution is -0.152. The van der Waals surface area contributed by atoms with Gasteiger partial charge in [-0.2, -0.15) is 0 Å². The van der Waals surface area contributed by atoms with Crippen molar-refractivity contribution in [1.29, 1.82) is 0 Å². The topological polar surface area (TPSA) is 93.6 Å². The summed E-state index contributed by atoms with van der Waals surface area (Å²) in [7, 11) is 0. The highest BCUT2D eigenvalue weighted by atomic mass is 32.1. The van der Waals surface area contributed by atoms with Crippen molar-refractivity contribution in [1.82, 2.24) is 9.97 Å². The van der Waals surface area contributed by atoms with Crippen LogP contribution >= 0.6 is 11.3 Å². The second kappa shape index (κ2) is 10.1. The Balaban J connectivity index is 1.47. The molecule has 0 spiro atoms. The summed E-state index contributed by atoms with van der Waals surface area (Å²) in [4.78, 5) is 20.2. The molecule has 34 heavy (non-hydrogen) atoms. The molecule has 0 radical (unpaired) electrons. The van der Waals surface area contributed by atoms with E-state index in [0.29, 0.717) is 18.1 Å². The number of anilines is 1. The normalized spacial score (nSPS) is 11.4. The van der Waals surface area contributed by atoms with Gasteiger partial charge in [-0.05, 0) is 73.9 Å². The summed E-state index contributed by atoms with van der Waals surface area (Å²) < 4.78 is 12.7. The standard InChI is InChI=1S/C26H27N3O4S/c1-4-32-22-14-18(6-7-21(22)33-26(2,3)25(30)31)20-15-24(29-16-28-20)27-11-9-17-5-8-23-19(13-17)10-12-34-23/h5-8,10,12-16H,4,9,11H2,1-3H3,(H,30,31)(H,27,28,29). The third kappa shape index (κ3) is 5.46. The number of carboxylic acid groups (broad SMARTS) is 1. The number of rotatable bonds is 10. The number of carboxylic acids is 1. The first-order valence-electron chi connectivity index (χ1n) is 11.1. The number of benzene rings is 2. The molecule has 2 aromatic heterocycles. The summed E-state index contributed by atoms with van der Waals surface area (Å²) in [6.45, 7) is 6.02. The van der Waals surface area contributed by atoms with E-state index in [0.717, 1.165) is 30.0 Å². The summed E-state index contributed by atoms with van der Waals surface area (Å²) in [5.74, 6) is 0.506. The van der Waals surface area contributed by atoms with Gasteiger partial charge < -0.3 is 19.9 Å². The number of nitrogens with one attached hydrogen (secondary N) is 1. The quantitative estimate of drug-likeness (QED) is 0.305. The van der Waals surface area contributed by atoms with Crippen LogP contribution in [-0.2, 0) is 11.2 Å². The van der Waals surface area contributed by atoms with E-state index in [1.54, 1.807) is 23.5 Å². The van der Waals surface area contributed by atoms with Crippen molar-refractivity contribution in [2.45, 2.75) is 32.8 Å². The van der Waals surface area contributed by atoms with Gasteiger partial charge in [0.25, 0.3) is 0 Å². The summed E-state index contributed by atoms with van der Waals surface area (Å²) >= 11 is 1.75. The van der Waals surface area contributed by atoms with E-state index in [-0.39, 0.29) is 0 Å². The van der Waals surface area contributed by atoms with E-state index in [1.165, 1.54) is 35.8 Å². The van der Waals surface area contributed by atoms with Crippen molar-refractivity contribution < 1.29 is 19.4 Å². The molecule has 176 valence electrons. The lowest BCUT2D eigenvalue weighted by atomic mass is 10.1. The summed E-state index contributed by atoms with van der Waals surface area (Å²) in [6, 6.07) is 15.9. The molecule has 4 rings (SSSR count). The first-order chi connectivity index (χ1) is 16.4. The Morgan fingerprint density at radius 3 is 2.74 bits per heavy atom. The molecule has 0 saturated heterocycles. The molecule has 0 aliphatic carbocycles. The summed E-state index contributed by atoms with van der Waals surface area (Å²) in [5, 5.41) is 16.1. The molecule has 0 saturated carbocycles. The Labute approximate surface area is 202 Å². The Bertz CT molecular complexity index is 1300. The van der Waals surface area contributed by atoms with Gasteiger partial charge in [-0.1, -0.05) is 12.1 Å². The van der Waals surface area contributed by atoms with E-state index in [1.807, 2.05) is 19.1 Å². The first kappa shape index (κ1) is 23.5. The highest BCUT2D eigenvalue weighted by molar-refractivity contribution is 7.17. The van der Waals surface area contributed by atoms with Gasteiger partial charge >= 0.3 is 5.97 Å². The van der Waals surface area contributed by atoms with E-state index in [9.17, 15) is 9.90 Å². The first-order valence-corrected chi connectivity index (χ1v) is 12.0. The van der Waals surface area contributed by atoms with Gasteiger partial charge in [-0.15, -0.1) is 11.3 Å². The van der Waals surface area contributed by atoms with Gasteiger partial charge in [0.05, 0.1) is 12.3 Å². The molecule has 0 unspecified atom stereocenters. The lowest BCUT2D eigenvalue weighted by Crippen LogP contribution is -2.38. The van der Waals surface area contributed by atoms with Gasteiger partial charge in [-0.3, -0.25) is 0 Å². The Kier molecular flexibility index (Phi) is 6.98. The highest BCUT2D eigenvalue weighted by Gasteiger charge is 2.30. The Hall–Kier alpha value is -3.65. The van der Waals surface area contributed by atoms with Gasteiger partial charge in [0.1, 0.15) is 12.1 Å². The number of carbonyl (C=O) groups is 1. The Morgan fingerprint density at radius 2 is 1.94 bits per heavy atom. The smallest absolute Gasteiger partial charge is 0.347 e. The zero-order valence-corrected chi connectivity index (χ0v) is 20.2. The summed E-state index contributed by atoms with van der Waals surface area (Å²) in [6.07, 6.45) is 2.40. The van der Waals surface area contributed by atoms with Gasteiger partial charge in [0, 0.05) is 22.9 Å². The summed E-state index contributed by atoms with van der Waals surface area (Å²) in [5.41, 5.74) is 1.43. The van der Waals surface area contributed by atoms with Crippen LogP contribution in [0.1, 0.15) is 26.3 Å². The molecule has 0 aliphatic rings. The molecule has 7 nitrogen and oxygen atoms in total. The Morgan fingerprint density at radius 1 is 1.09 bits per heavy atom. The van der Waals surface area contributed by atoms with Crippen molar-refractivity contribution in [3.05, 3.63) is 65.8 Å². The van der Waals surface area contributed by atoms with Crippen molar-refractivity contribution >= 4 is 33.2 Å². The molecule has 8 heteroatoms. The molecular formula is C26H27N3O4S. The average molecular weight is 478 g/mol. The molecule has 4 aromatic rings. The van der Waals surface area contributed by atoms with Gasteiger partial charge in [0.15, 0.2) is 17.1 Å². The molecule has 2 N–H and O–H groups in total. The molecule has 0 amide bonds. The fourth-order valence-electron chi connectivity index (χ4n) is 3.46. The third-order valence-corrected chi connectivity index (χ3v) is 6.22. The number of hydrogen-bond donors (Lipinski definition) is 2. The van der Waals surface area contributed by atoms with Crippen LogP contribution in [0.4, 0.5) is 5.82 Å². The maximum Gasteiger partial charge on any atom is 0.347 e. The third-order valence-electron chi connectivity index (χ3n) is 5.32. The van der Waals surface area contributed by atoms with Crippen LogP contribution in [0.3, 0.4) is 0 Å². The number of fused-ring (bicyclic) bond motifs is 1. The maximum absolute atomic E-state index is 11.5. The van der Waals surface area contributed by atoms with Crippen molar-refractivity contribution in [3.63, 3.8) is 0 Å². The van der Waals surface area contributed by atoms with Crippen LogP contribution in [0.5, 0.6) is 11.5 Å². The number of ether oxygens (including phenoxy) is 2. The number of aliphatic carboxylic acids is 1. The number of nitrogens with zero attached hydrogens (tertiary/aromatic N) is 2. The van der Waals surface area contributed by atoms with Crippen LogP contribution in [-0.4, -0.2) is 39.8 Å². The molecule has 0 aliphatic heterocycles. The second-order valence-corrected chi connectivity index (χ2v) is 9.22. The van der Waals surface area contributed by atoms with Crippen LogP contribution in [0.15, 0.2) is 60.2 Å². The predicted octanol–water partition coefficient (Wildman–Crippen LogP) is 5.65. The van der Waals surface area contributed by atoms with Crippen molar-refractivity contribution in [2.24, 2.45) is 0 Å². The largest absolute Gasteiger partial charge is 0.490 e. The molecular weight excluding hydrogens is 450 g/mol. The molecule has 0 atom stereocenters. The fourth-order valence-corrected chi connectivity index (χ4v) is 4.23. The van der Waals surface area contributed by atoms with Crippen LogP contribution in [0.2, 0.25) is 0 Å². The number of aromatic nitrogens is 2. The monoisotopic (exact) mass is 477 g/mol. The second-order valence-electron chi connectivity index (χ2n) is 8.27. The van der Waals surface area contributed by atoms with Crippen LogP contribution < -0.4 is 14.8 Å². The SMILES string of the molecule is CCOc1cc(-c2cc(NCCc3ccc4sccc4c3)ncn2)ccc1OC(C)(C)C(=O)O. The van der Waals surface area contributed by atoms with Gasteiger partial charge in [-0.25, -0.2) is 14.8 Å². The predicted molar refractivity (Wildman–Crippen MR) is 135 cm³/mol. The molecule has 0 bridgehead atoms. The van der Waals surface area contributed by atoms with Crippen molar-refractivity contribution in [2.75, 3.05) is 18.5 Å². The van der Waals surface area contributed by atoms with Crippen LogP contribution in [0.25, 0.3) is 21.3 Å².